The van der Waals surface area contributed by atoms with E-state index in [4.69, 9.17) is 4.42 Å². The van der Waals surface area contributed by atoms with Crippen molar-refractivity contribution in [3.8, 4) is 0 Å². The van der Waals surface area contributed by atoms with Crippen molar-refractivity contribution in [2.24, 2.45) is 0 Å². The van der Waals surface area contributed by atoms with Crippen LogP contribution in [0.3, 0.4) is 0 Å². The molecule has 0 saturated carbocycles. The van der Waals surface area contributed by atoms with Crippen molar-refractivity contribution in [3.05, 3.63) is 45.5 Å². The zero-order valence-electron chi connectivity index (χ0n) is 8.15. The molecule has 2 nitrogen and oxygen atoms in total. The lowest BCUT2D eigenvalue weighted by Crippen LogP contribution is -1.93. The highest BCUT2D eigenvalue weighted by atomic mass is 32.1. The van der Waals surface area contributed by atoms with Gasteiger partial charge in [-0.25, -0.2) is 0 Å². The Morgan fingerprint density at radius 2 is 2.00 bits per heavy atom. The fraction of sp³-hybridized carbons (Fsp3) is 0.273. The third-order valence-electron chi connectivity index (χ3n) is 2.06. The van der Waals surface area contributed by atoms with Gasteiger partial charge in [0.15, 0.2) is 0 Å². The normalized spacial score (nSPS) is 13.1. The van der Waals surface area contributed by atoms with Gasteiger partial charge in [0.2, 0.25) is 0 Å². The molecule has 14 heavy (non-hydrogen) atoms. The van der Waals surface area contributed by atoms with Crippen LogP contribution in [0, 0.1) is 13.8 Å². The molecule has 0 aromatic carbocycles. The number of hydrogen-bond acceptors (Lipinski definition) is 3. The van der Waals surface area contributed by atoms with E-state index >= 15 is 0 Å². The van der Waals surface area contributed by atoms with Gasteiger partial charge in [0, 0.05) is 9.75 Å². The van der Waals surface area contributed by atoms with Gasteiger partial charge < -0.3 is 9.52 Å². The van der Waals surface area contributed by atoms with Crippen LogP contribution in [0.5, 0.6) is 0 Å². The number of aryl methyl sites for hydroxylation is 2. The number of aliphatic hydroxyl groups is 1. The first-order chi connectivity index (χ1) is 6.66. The van der Waals surface area contributed by atoms with E-state index in [1.165, 1.54) is 4.88 Å². The Hall–Kier alpha value is -1.06. The molecular formula is C11H12O2S. The van der Waals surface area contributed by atoms with Gasteiger partial charge in [0.1, 0.15) is 17.6 Å². The van der Waals surface area contributed by atoms with Gasteiger partial charge >= 0.3 is 0 Å². The fourth-order valence-corrected chi connectivity index (χ4v) is 2.21. The fourth-order valence-electron chi connectivity index (χ4n) is 1.34. The molecule has 0 fully saturated rings. The minimum atomic E-state index is -0.623. The van der Waals surface area contributed by atoms with Crippen molar-refractivity contribution < 1.29 is 9.52 Å². The topological polar surface area (TPSA) is 33.4 Å². The standard InChI is InChI=1S/C11H12O2S/c1-7-3-5-9(13-7)11(12)10-6-4-8(2)14-10/h3-6,11-12H,1-2H3. The van der Waals surface area contributed by atoms with E-state index in [2.05, 4.69) is 0 Å². The summed E-state index contributed by atoms with van der Waals surface area (Å²) in [5.74, 6) is 1.44. The number of thiophene rings is 1. The molecule has 2 rings (SSSR count). The maximum atomic E-state index is 9.94. The highest BCUT2D eigenvalue weighted by molar-refractivity contribution is 7.12. The molecule has 1 atom stereocenters. The average molecular weight is 208 g/mol. The van der Waals surface area contributed by atoms with Gasteiger partial charge in [0.25, 0.3) is 0 Å². The van der Waals surface area contributed by atoms with Crippen molar-refractivity contribution in [2.45, 2.75) is 20.0 Å². The molecule has 0 bridgehead atoms. The van der Waals surface area contributed by atoms with Crippen LogP contribution in [-0.2, 0) is 0 Å². The van der Waals surface area contributed by atoms with Crippen LogP contribution in [-0.4, -0.2) is 5.11 Å². The first-order valence-electron chi connectivity index (χ1n) is 4.47. The molecule has 0 aliphatic carbocycles. The molecule has 3 heteroatoms. The summed E-state index contributed by atoms with van der Waals surface area (Å²) in [6.45, 7) is 3.89. The van der Waals surface area contributed by atoms with E-state index in [9.17, 15) is 5.11 Å². The molecule has 0 spiro atoms. The lowest BCUT2D eigenvalue weighted by atomic mass is 10.2. The molecule has 2 heterocycles. The second-order valence-electron chi connectivity index (χ2n) is 3.30. The molecule has 0 amide bonds. The smallest absolute Gasteiger partial charge is 0.146 e. The molecule has 0 aliphatic rings. The van der Waals surface area contributed by atoms with E-state index < -0.39 is 6.10 Å². The Morgan fingerprint density at radius 3 is 2.50 bits per heavy atom. The van der Waals surface area contributed by atoms with Crippen molar-refractivity contribution in [1.82, 2.24) is 0 Å². The number of hydrogen-bond donors (Lipinski definition) is 1. The Kier molecular flexibility index (Phi) is 2.44. The molecule has 74 valence electrons. The second kappa shape index (κ2) is 3.59. The van der Waals surface area contributed by atoms with Crippen molar-refractivity contribution >= 4 is 11.3 Å². The summed E-state index contributed by atoms with van der Waals surface area (Å²) in [6, 6.07) is 7.61. The zero-order valence-corrected chi connectivity index (χ0v) is 8.97. The summed E-state index contributed by atoms with van der Waals surface area (Å²) in [7, 11) is 0. The lowest BCUT2D eigenvalue weighted by Gasteiger charge is -2.03. The molecule has 1 unspecified atom stereocenters. The molecule has 0 saturated heterocycles. The third kappa shape index (κ3) is 1.74. The van der Waals surface area contributed by atoms with Gasteiger partial charge in [-0.3, -0.25) is 0 Å². The minimum Gasteiger partial charge on any atom is -0.463 e. The summed E-state index contributed by atoms with van der Waals surface area (Å²) < 4.78 is 5.37. The number of rotatable bonds is 2. The molecular weight excluding hydrogens is 196 g/mol. The zero-order chi connectivity index (χ0) is 10.1. The van der Waals surface area contributed by atoms with Gasteiger partial charge in [-0.15, -0.1) is 11.3 Å². The lowest BCUT2D eigenvalue weighted by molar-refractivity contribution is 0.191. The van der Waals surface area contributed by atoms with Crippen LogP contribution in [0.15, 0.2) is 28.7 Å². The van der Waals surface area contributed by atoms with Crippen LogP contribution in [0.25, 0.3) is 0 Å². The first kappa shape index (κ1) is 9.49. The van der Waals surface area contributed by atoms with Crippen molar-refractivity contribution in [3.63, 3.8) is 0 Å². The number of aliphatic hydroxyl groups excluding tert-OH is 1. The first-order valence-corrected chi connectivity index (χ1v) is 5.29. The molecule has 2 aromatic heterocycles. The summed E-state index contributed by atoms with van der Waals surface area (Å²) in [6.07, 6.45) is -0.623. The predicted molar refractivity (Wildman–Crippen MR) is 56.6 cm³/mol. The van der Waals surface area contributed by atoms with Crippen LogP contribution < -0.4 is 0 Å². The van der Waals surface area contributed by atoms with Gasteiger partial charge in [-0.05, 0) is 38.1 Å². The van der Waals surface area contributed by atoms with Crippen molar-refractivity contribution in [1.29, 1.82) is 0 Å². The highest BCUT2D eigenvalue weighted by Crippen LogP contribution is 2.28. The van der Waals surface area contributed by atoms with Crippen LogP contribution in [0.1, 0.15) is 27.4 Å². The molecule has 0 aliphatic heterocycles. The summed E-state index contributed by atoms with van der Waals surface area (Å²) in [4.78, 5) is 2.12. The van der Waals surface area contributed by atoms with Crippen LogP contribution in [0.2, 0.25) is 0 Å². The Morgan fingerprint density at radius 1 is 1.21 bits per heavy atom. The maximum Gasteiger partial charge on any atom is 0.146 e. The summed E-state index contributed by atoms with van der Waals surface area (Å²) >= 11 is 1.59. The van der Waals surface area contributed by atoms with Crippen LogP contribution >= 0.6 is 11.3 Å². The Bertz CT molecular complexity index is 388. The highest BCUT2D eigenvalue weighted by Gasteiger charge is 2.15. The van der Waals surface area contributed by atoms with E-state index in [1.807, 2.05) is 38.1 Å². The third-order valence-corrected chi connectivity index (χ3v) is 3.11. The Balaban J connectivity index is 2.28. The summed E-state index contributed by atoms with van der Waals surface area (Å²) in [5, 5.41) is 9.94. The SMILES string of the molecule is Cc1ccc(C(O)c2ccc(C)s2)o1. The van der Waals surface area contributed by atoms with E-state index in [0.29, 0.717) is 5.76 Å². The molecule has 2 aromatic rings. The van der Waals surface area contributed by atoms with Gasteiger partial charge in [-0.1, -0.05) is 0 Å². The molecule has 0 radical (unpaired) electrons. The Labute approximate surface area is 86.8 Å². The maximum absolute atomic E-state index is 9.94. The second-order valence-corrected chi connectivity index (χ2v) is 4.62. The monoisotopic (exact) mass is 208 g/mol. The predicted octanol–water partition coefficient (Wildman–Crippen LogP) is 3.04. The largest absolute Gasteiger partial charge is 0.463 e. The summed E-state index contributed by atoms with van der Waals surface area (Å²) in [5.41, 5.74) is 0. The van der Waals surface area contributed by atoms with Gasteiger partial charge in [0.05, 0.1) is 0 Å². The van der Waals surface area contributed by atoms with E-state index in [0.717, 1.165) is 10.6 Å². The molecule has 1 N–H and O–H groups in total. The van der Waals surface area contributed by atoms with Crippen molar-refractivity contribution in [2.75, 3.05) is 0 Å². The van der Waals surface area contributed by atoms with Crippen LogP contribution in [0.4, 0.5) is 0 Å². The number of furan rings is 1. The minimum absolute atomic E-state index is 0.615. The quantitative estimate of drug-likeness (QED) is 0.823. The van der Waals surface area contributed by atoms with E-state index in [1.54, 1.807) is 11.3 Å². The van der Waals surface area contributed by atoms with Gasteiger partial charge in [-0.2, -0.15) is 0 Å². The van der Waals surface area contributed by atoms with E-state index in [-0.39, 0.29) is 0 Å². The average Bonchev–Trinajstić information content (AvgIpc) is 2.73.